The second-order valence-electron chi connectivity index (χ2n) is 11.0. The topological polar surface area (TPSA) is 56.5 Å². The molecule has 4 aliphatic rings. The number of ether oxygens (including phenoxy) is 1. The first kappa shape index (κ1) is 20.1. The molecule has 174 valence electrons. The molecule has 2 aliphatic carbocycles. The first-order valence-corrected chi connectivity index (χ1v) is 12.3. The number of benzene rings is 1. The molecule has 2 aliphatic heterocycles. The van der Waals surface area contributed by atoms with E-state index in [1.165, 1.54) is 24.0 Å². The number of nitrogens with zero attached hydrogens (tertiary/aromatic N) is 3. The van der Waals surface area contributed by atoms with Gasteiger partial charge in [-0.05, 0) is 67.0 Å². The molecule has 0 spiro atoms. The van der Waals surface area contributed by atoms with Gasteiger partial charge in [0.05, 0.1) is 6.61 Å². The summed E-state index contributed by atoms with van der Waals surface area (Å²) in [7, 11) is 0. The second kappa shape index (κ2) is 6.65. The Bertz CT molecular complexity index is 1410. The normalized spacial score (nSPS) is 25.8. The number of aromatic nitrogens is 2. The molecule has 2 aromatic heterocycles. The number of aryl methyl sites for hydroxylation is 1. The molecule has 1 amide bonds. The number of hydrogen-bond acceptors (Lipinski definition) is 3. The van der Waals surface area contributed by atoms with E-state index in [1.807, 2.05) is 40.9 Å². The van der Waals surface area contributed by atoms with E-state index in [9.17, 15) is 9.59 Å². The molecule has 2 atom stereocenters. The van der Waals surface area contributed by atoms with Crippen molar-refractivity contribution in [2.24, 2.45) is 5.92 Å². The summed E-state index contributed by atoms with van der Waals surface area (Å²) >= 11 is 0. The molecule has 34 heavy (non-hydrogen) atoms. The van der Waals surface area contributed by atoms with Gasteiger partial charge < -0.3 is 18.8 Å². The molecule has 1 aromatic carbocycles. The Morgan fingerprint density at radius 1 is 1.09 bits per heavy atom. The van der Waals surface area contributed by atoms with Crippen molar-refractivity contribution in [3.05, 3.63) is 81.5 Å². The summed E-state index contributed by atoms with van der Waals surface area (Å²) in [5.41, 5.74) is 5.02. The molecule has 4 heterocycles. The predicted molar refractivity (Wildman–Crippen MR) is 129 cm³/mol. The first-order valence-electron chi connectivity index (χ1n) is 12.3. The highest BCUT2D eigenvalue weighted by Crippen LogP contribution is 2.61. The highest BCUT2D eigenvalue weighted by atomic mass is 16.5. The second-order valence-corrected chi connectivity index (χ2v) is 11.0. The van der Waals surface area contributed by atoms with E-state index in [4.69, 9.17) is 4.74 Å². The van der Waals surface area contributed by atoms with Crippen molar-refractivity contribution in [3.8, 4) is 11.4 Å². The lowest BCUT2D eigenvalue weighted by atomic mass is 9.86. The van der Waals surface area contributed by atoms with Crippen LogP contribution in [0, 0.1) is 12.8 Å². The van der Waals surface area contributed by atoms with Crippen LogP contribution in [-0.2, 0) is 17.4 Å². The van der Waals surface area contributed by atoms with Crippen molar-refractivity contribution in [3.63, 3.8) is 0 Å². The maximum Gasteiger partial charge on any atom is 0.275 e. The molecule has 0 unspecified atom stereocenters. The summed E-state index contributed by atoms with van der Waals surface area (Å²) in [4.78, 5) is 28.7. The maximum absolute atomic E-state index is 13.5. The molecule has 0 saturated heterocycles. The monoisotopic (exact) mass is 455 g/mol. The standard InChI is InChI=1S/C28H29N3O3/c1-18-7-10-29(15-18)22-4-5-23-25(32)30(11-12-31(23)26(22)33)17-28-14-20(28)16-34-24-6-3-19(13-21(24)28)27(2)8-9-27/h3-7,10,13,15,20H,8-9,11-12,14,16-17H2,1-2H3/t20-,28+/m1/s1. The molecule has 6 nitrogen and oxygen atoms in total. The number of rotatable bonds is 4. The van der Waals surface area contributed by atoms with Crippen LogP contribution in [0.25, 0.3) is 5.69 Å². The molecule has 6 heteroatoms. The predicted octanol–water partition coefficient (Wildman–Crippen LogP) is 3.81. The average Bonchev–Trinajstić information content (AvgIpc) is 3.72. The molecule has 0 N–H and O–H groups in total. The summed E-state index contributed by atoms with van der Waals surface area (Å²) in [5, 5.41) is 0. The number of pyridine rings is 1. The zero-order chi connectivity index (χ0) is 23.2. The summed E-state index contributed by atoms with van der Waals surface area (Å²) in [6, 6.07) is 12.3. The van der Waals surface area contributed by atoms with Gasteiger partial charge in [0.2, 0.25) is 0 Å². The highest BCUT2D eigenvalue weighted by Gasteiger charge is 2.60. The lowest BCUT2D eigenvalue weighted by molar-refractivity contribution is 0.0670. The van der Waals surface area contributed by atoms with E-state index in [0.717, 1.165) is 24.3 Å². The van der Waals surface area contributed by atoms with Crippen molar-refractivity contribution in [1.82, 2.24) is 14.0 Å². The number of carbonyl (C=O) groups excluding carboxylic acids is 1. The van der Waals surface area contributed by atoms with Crippen LogP contribution in [0.5, 0.6) is 5.75 Å². The molecule has 3 aromatic rings. The third-order valence-corrected chi connectivity index (χ3v) is 8.73. The fourth-order valence-corrected chi connectivity index (χ4v) is 6.10. The van der Waals surface area contributed by atoms with Crippen LogP contribution >= 0.6 is 0 Å². The van der Waals surface area contributed by atoms with Crippen LogP contribution in [0.3, 0.4) is 0 Å². The van der Waals surface area contributed by atoms with E-state index in [2.05, 4.69) is 25.1 Å². The van der Waals surface area contributed by atoms with Gasteiger partial charge in [-0.1, -0.05) is 19.1 Å². The zero-order valence-electron chi connectivity index (χ0n) is 19.7. The number of amides is 1. The molecule has 7 rings (SSSR count). The van der Waals surface area contributed by atoms with Crippen LogP contribution in [0.2, 0.25) is 0 Å². The van der Waals surface area contributed by atoms with Gasteiger partial charge in [0.25, 0.3) is 11.5 Å². The van der Waals surface area contributed by atoms with Crippen molar-refractivity contribution in [2.75, 3.05) is 19.7 Å². The Balaban J connectivity index is 1.20. The van der Waals surface area contributed by atoms with E-state index >= 15 is 0 Å². The minimum absolute atomic E-state index is 0.0183. The molecule has 2 fully saturated rings. The van der Waals surface area contributed by atoms with E-state index in [-0.39, 0.29) is 16.9 Å². The number of fused-ring (bicyclic) bond motifs is 4. The summed E-state index contributed by atoms with van der Waals surface area (Å²) < 4.78 is 9.57. The van der Waals surface area contributed by atoms with Crippen molar-refractivity contribution < 1.29 is 9.53 Å². The van der Waals surface area contributed by atoms with Gasteiger partial charge in [0.15, 0.2) is 0 Å². The molecule has 0 bridgehead atoms. The van der Waals surface area contributed by atoms with Crippen LogP contribution in [0.15, 0.2) is 53.6 Å². The average molecular weight is 456 g/mol. The Morgan fingerprint density at radius 3 is 2.71 bits per heavy atom. The lowest BCUT2D eigenvalue weighted by Gasteiger charge is -2.35. The Labute approximate surface area is 198 Å². The highest BCUT2D eigenvalue weighted by molar-refractivity contribution is 5.93. The summed E-state index contributed by atoms with van der Waals surface area (Å²) in [6.45, 7) is 6.84. The van der Waals surface area contributed by atoms with E-state index in [1.54, 1.807) is 10.6 Å². The van der Waals surface area contributed by atoms with Gasteiger partial charge in [-0.3, -0.25) is 9.59 Å². The summed E-state index contributed by atoms with van der Waals surface area (Å²) in [6.07, 6.45) is 7.36. The van der Waals surface area contributed by atoms with Crippen LogP contribution in [0.4, 0.5) is 0 Å². The minimum Gasteiger partial charge on any atom is -0.493 e. The minimum atomic E-state index is -0.109. The van der Waals surface area contributed by atoms with Crippen LogP contribution < -0.4 is 10.3 Å². The Hall–Kier alpha value is -3.28. The smallest absolute Gasteiger partial charge is 0.275 e. The van der Waals surface area contributed by atoms with Gasteiger partial charge >= 0.3 is 0 Å². The van der Waals surface area contributed by atoms with Crippen LogP contribution in [0.1, 0.15) is 53.4 Å². The third kappa shape index (κ3) is 2.80. The van der Waals surface area contributed by atoms with Crippen molar-refractivity contribution in [1.29, 1.82) is 0 Å². The maximum atomic E-state index is 13.5. The van der Waals surface area contributed by atoms with Gasteiger partial charge in [0, 0.05) is 48.9 Å². The van der Waals surface area contributed by atoms with Gasteiger partial charge in [0.1, 0.15) is 17.1 Å². The van der Waals surface area contributed by atoms with Crippen molar-refractivity contribution >= 4 is 5.91 Å². The fraction of sp³-hybridized carbons (Fsp3) is 0.429. The third-order valence-electron chi connectivity index (χ3n) is 8.73. The Morgan fingerprint density at radius 2 is 1.94 bits per heavy atom. The van der Waals surface area contributed by atoms with E-state index in [0.29, 0.717) is 42.3 Å². The molecular weight excluding hydrogens is 426 g/mol. The van der Waals surface area contributed by atoms with Crippen molar-refractivity contribution in [2.45, 2.75) is 50.5 Å². The number of carbonyl (C=O) groups is 1. The molecule has 2 saturated carbocycles. The summed E-state index contributed by atoms with van der Waals surface area (Å²) in [5.74, 6) is 1.39. The van der Waals surface area contributed by atoms with E-state index < -0.39 is 0 Å². The SMILES string of the molecule is Cc1ccn(-c2ccc3n(c2=O)CCN(C[C@@]24C[C@@H]2COc2ccc(C5(C)CC5)cc24)C3=O)c1. The molecular formula is C28H29N3O3. The first-order chi connectivity index (χ1) is 16.4. The Kier molecular flexibility index (Phi) is 3.94. The van der Waals surface area contributed by atoms with Gasteiger partial charge in [-0.15, -0.1) is 0 Å². The molecule has 0 radical (unpaired) electrons. The largest absolute Gasteiger partial charge is 0.493 e. The van der Waals surface area contributed by atoms with Gasteiger partial charge in [-0.25, -0.2) is 0 Å². The quantitative estimate of drug-likeness (QED) is 0.601. The van der Waals surface area contributed by atoms with Crippen LogP contribution in [-0.4, -0.2) is 39.6 Å². The fourth-order valence-electron chi connectivity index (χ4n) is 6.10. The lowest BCUT2D eigenvalue weighted by Crippen LogP contribution is -2.48. The zero-order valence-corrected chi connectivity index (χ0v) is 19.7. The number of hydrogen-bond donors (Lipinski definition) is 0. The van der Waals surface area contributed by atoms with Gasteiger partial charge in [-0.2, -0.15) is 0 Å².